The van der Waals surface area contributed by atoms with Gasteiger partial charge in [0, 0.05) is 19.6 Å². The van der Waals surface area contributed by atoms with Gasteiger partial charge in [-0.3, -0.25) is 9.36 Å². The third-order valence-electron chi connectivity index (χ3n) is 7.43. The normalized spacial score (nSPS) is 14.5. The highest BCUT2D eigenvalue weighted by molar-refractivity contribution is 14.1. The molecule has 0 unspecified atom stereocenters. The molecule has 0 fully saturated rings. The summed E-state index contributed by atoms with van der Waals surface area (Å²) in [6, 6.07) is 26.7. The number of carbonyl (C=O) groups excluding carboxylic acids is 1. The summed E-state index contributed by atoms with van der Waals surface area (Å²) in [7, 11) is 0. The zero-order valence-corrected chi connectivity index (χ0v) is 31.2. The van der Waals surface area contributed by atoms with Crippen molar-refractivity contribution in [2.45, 2.75) is 24.5 Å². The first-order valence-corrected chi connectivity index (χ1v) is 18.8. The highest BCUT2D eigenvalue weighted by Gasteiger charge is 2.35. The quantitative estimate of drug-likeness (QED) is 0.0868. The van der Waals surface area contributed by atoms with Gasteiger partial charge >= 0.3 is 5.97 Å². The molecule has 47 heavy (non-hydrogen) atoms. The second-order valence-electron chi connectivity index (χ2n) is 10.4. The molecule has 0 N–H and O–H groups in total. The van der Waals surface area contributed by atoms with E-state index in [9.17, 15) is 14.0 Å². The van der Waals surface area contributed by atoms with Crippen LogP contribution in [0.1, 0.15) is 35.2 Å². The molecule has 0 spiro atoms. The monoisotopic (exact) mass is 888 g/mol. The van der Waals surface area contributed by atoms with Crippen molar-refractivity contribution in [1.82, 2.24) is 4.57 Å². The van der Waals surface area contributed by atoms with Crippen LogP contribution in [0.15, 0.2) is 111 Å². The van der Waals surface area contributed by atoms with Crippen LogP contribution in [-0.2, 0) is 16.1 Å². The summed E-state index contributed by atoms with van der Waals surface area (Å²) in [4.78, 5) is 34.6. The van der Waals surface area contributed by atoms with Crippen LogP contribution in [0.4, 0.5) is 4.39 Å². The minimum Gasteiger partial charge on any atom is -0.487 e. The predicted octanol–water partition coefficient (Wildman–Crippen LogP) is 7.58. The summed E-state index contributed by atoms with van der Waals surface area (Å²) < 4.78 is 29.2. The molecule has 2 heterocycles. The van der Waals surface area contributed by atoms with Crippen molar-refractivity contribution in [2.75, 3.05) is 12.9 Å². The Morgan fingerprint density at radius 2 is 1.77 bits per heavy atom. The fourth-order valence-electron chi connectivity index (χ4n) is 5.26. The Hall–Kier alpha value is -3.27. The highest BCUT2D eigenvalue weighted by atomic mass is 127. The highest BCUT2D eigenvalue weighted by Crippen LogP contribution is 2.36. The fraction of sp³-hybridized carbons (Fsp3) is 0.139. The zero-order valence-electron chi connectivity index (χ0n) is 25.2. The molecule has 0 saturated heterocycles. The maximum Gasteiger partial charge on any atom is 0.338 e. The van der Waals surface area contributed by atoms with Crippen molar-refractivity contribution >= 4 is 86.0 Å². The molecular weight excluding hydrogens is 861 g/mol. The molecule has 0 amide bonds. The molecule has 0 radical (unpaired) electrons. The summed E-state index contributed by atoms with van der Waals surface area (Å²) in [5, 5.41) is 0. The molecule has 6 nitrogen and oxygen atoms in total. The number of hydrogen-bond acceptors (Lipinski definition) is 7. The van der Waals surface area contributed by atoms with Gasteiger partial charge in [0.25, 0.3) is 5.56 Å². The molecule has 6 rings (SSSR count). The Morgan fingerprint density at radius 1 is 1.04 bits per heavy atom. The molecule has 11 heteroatoms. The minimum atomic E-state index is -0.760. The number of hydrogen-bond donors (Lipinski definition) is 0. The van der Waals surface area contributed by atoms with Gasteiger partial charge in [0.05, 0.1) is 32.0 Å². The number of nitrogens with zero attached hydrogens (tertiary/aromatic N) is 2. The first kappa shape index (κ1) is 33.6. The Morgan fingerprint density at radius 3 is 2.45 bits per heavy atom. The first-order valence-electron chi connectivity index (χ1n) is 14.6. The van der Waals surface area contributed by atoms with Crippen LogP contribution in [0, 0.1) is 13.0 Å². The van der Waals surface area contributed by atoms with E-state index in [-0.39, 0.29) is 24.6 Å². The third-order valence-corrected chi connectivity index (χ3v) is 10.6. The van der Waals surface area contributed by atoms with Crippen LogP contribution in [0.3, 0.4) is 0 Å². The molecular formula is C36H27FI2N2O4S2. The van der Waals surface area contributed by atoms with Gasteiger partial charge in [-0.15, -0.1) is 11.8 Å². The third kappa shape index (κ3) is 7.27. The Kier molecular flexibility index (Phi) is 10.6. The van der Waals surface area contributed by atoms with Gasteiger partial charge in [0.1, 0.15) is 18.2 Å². The van der Waals surface area contributed by atoms with Gasteiger partial charge in [0.15, 0.2) is 4.80 Å². The van der Waals surface area contributed by atoms with E-state index < -0.39 is 12.0 Å². The molecule has 1 aromatic heterocycles. The SMILES string of the molecule is CCOC(=O)C1=C(c2ccccc2)N=c2s/c(=C\c3cc(I)cc(I)c3OCc3ccc(F)cc3)c(=O)n2[C@@H]1c1ccc(SC)cc1. The smallest absolute Gasteiger partial charge is 0.338 e. The number of aromatic nitrogens is 1. The number of carbonyl (C=O) groups is 1. The second-order valence-corrected chi connectivity index (χ2v) is 14.7. The van der Waals surface area contributed by atoms with Crippen molar-refractivity contribution < 1.29 is 18.7 Å². The van der Waals surface area contributed by atoms with Gasteiger partial charge in [-0.05, 0) is 112 Å². The maximum absolute atomic E-state index is 14.4. The number of ether oxygens (including phenoxy) is 2. The molecule has 238 valence electrons. The van der Waals surface area contributed by atoms with Crippen molar-refractivity contribution in [3.8, 4) is 5.75 Å². The summed E-state index contributed by atoms with van der Waals surface area (Å²) >= 11 is 7.34. The van der Waals surface area contributed by atoms with Crippen molar-refractivity contribution in [3.05, 3.63) is 151 Å². The number of thioether (sulfide) groups is 1. The molecule has 1 atom stereocenters. The summed E-state index contributed by atoms with van der Waals surface area (Å²) in [5.41, 5.74) is 3.57. The zero-order chi connectivity index (χ0) is 33.1. The summed E-state index contributed by atoms with van der Waals surface area (Å²) in [6.07, 6.45) is 3.82. The lowest BCUT2D eigenvalue weighted by atomic mass is 9.93. The van der Waals surface area contributed by atoms with E-state index >= 15 is 0 Å². The van der Waals surface area contributed by atoms with Crippen molar-refractivity contribution in [2.24, 2.45) is 4.99 Å². The van der Waals surface area contributed by atoms with Gasteiger partial charge in [-0.25, -0.2) is 14.2 Å². The first-order chi connectivity index (χ1) is 22.8. The van der Waals surface area contributed by atoms with Gasteiger partial charge < -0.3 is 9.47 Å². The number of thiazole rings is 1. The van der Waals surface area contributed by atoms with Crippen molar-refractivity contribution in [1.29, 1.82) is 0 Å². The van der Waals surface area contributed by atoms with E-state index in [0.29, 0.717) is 26.4 Å². The largest absolute Gasteiger partial charge is 0.487 e. The predicted molar refractivity (Wildman–Crippen MR) is 202 cm³/mol. The fourth-order valence-corrected chi connectivity index (χ4v) is 8.70. The molecule has 1 aliphatic heterocycles. The minimum absolute atomic E-state index is 0.179. The standard InChI is InChI=1S/C36H27FI2N2O4S2/c1-3-44-35(43)30-31(22-7-5-4-6-8-22)40-36-41(32(30)23-11-15-27(46-2)16-12-23)34(42)29(47-36)18-24-17-26(38)19-28(39)33(24)45-20-21-9-13-25(37)14-10-21/h4-19,32H,3,20H2,1-2H3/b29-18-/t32-/m1/s1. The second kappa shape index (κ2) is 14.9. The van der Waals surface area contributed by atoms with E-state index in [1.807, 2.05) is 79.1 Å². The molecule has 0 aliphatic carbocycles. The Balaban J connectivity index is 1.55. The van der Waals surface area contributed by atoms with Crippen LogP contribution >= 0.6 is 68.3 Å². The van der Waals surface area contributed by atoms with E-state index in [1.54, 1.807) is 35.4 Å². The Labute approximate surface area is 306 Å². The average molecular weight is 889 g/mol. The van der Waals surface area contributed by atoms with Crippen molar-refractivity contribution in [3.63, 3.8) is 0 Å². The van der Waals surface area contributed by atoms with E-state index in [0.717, 1.165) is 34.3 Å². The number of esters is 1. The van der Waals surface area contributed by atoms with Gasteiger partial charge in [0.2, 0.25) is 0 Å². The molecule has 4 aromatic carbocycles. The average Bonchev–Trinajstić information content (AvgIpc) is 3.38. The van der Waals surface area contributed by atoms with E-state index in [1.165, 1.54) is 23.5 Å². The molecule has 1 aliphatic rings. The Bertz CT molecular complexity index is 2160. The van der Waals surface area contributed by atoms with Crippen LogP contribution in [0.5, 0.6) is 5.75 Å². The van der Waals surface area contributed by atoms with Crippen LogP contribution in [0.2, 0.25) is 0 Å². The van der Waals surface area contributed by atoms with E-state index in [2.05, 4.69) is 45.2 Å². The van der Waals surface area contributed by atoms with E-state index in [4.69, 9.17) is 14.5 Å². The number of rotatable bonds is 9. The number of halogens is 3. The van der Waals surface area contributed by atoms with Gasteiger partial charge in [-0.2, -0.15) is 0 Å². The summed E-state index contributed by atoms with van der Waals surface area (Å²) in [6.45, 7) is 2.17. The van der Waals surface area contributed by atoms with Crippen LogP contribution in [-0.4, -0.2) is 23.4 Å². The lowest BCUT2D eigenvalue weighted by molar-refractivity contribution is -0.138. The molecule has 5 aromatic rings. The maximum atomic E-state index is 14.4. The number of benzene rings is 4. The lowest BCUT2D eigenvalue weighted by Gasteiger charge is -2.26. The lowest BCUT2D eigenvalue weighted by Crippen LogP contribution is -2.40. The number of fused-ring (bicyclic) bond motifs is 1. The summed E-state index contributed by atoms with van der Waals surface area (Å²) in [5.74, 6) is -0.219. The molecule has 0 saturated carbocycles. The van der Waals surface area contributed by atoms with Gasteiger partial charge in [-0.1, -0.05) is 65.9 Å². The van der Waals surface area contributed by atoms with Crippen LogP contribution in [0.25, 0.3) is 11.8 Å². The van der Waals surface area contributed by atoms with Crippen LogP contribution < -0.4 is 19.6 Å². The topological polar surface area (TPSA) is 69.9 Å². The molecule has 0 bridgehead atoms.